The monoisotopic (exact) mass is 379 g/mol. The normalized spacial score (nSPS) is 19.1. The number of aromatic amines is 1. The number of hydrogen-bond donors (Lipinski definition) is 1. The van der Waals surface area contributed by atoms with Crippen LogP contribution in [0.3, 0.4) is 0 Å². The first-order valence-electron chi connectivity index (χ1n) is 7.98. The van der Waals surface area contributed by atoms with Gasteiger partial charge in [0, 0.05) is 11.0 Å². The van der Waals surface area contributed by atoms with E-state index in [1.54, 1.807) is 0 Å². The van der Waals surface area contributed by atoms with Gasteiger partial charge in [-0.25, -0.2) is 9.78 Å². The fourth-order valence-electron chi connectivity index (χ4n) is 2.91. The van der Waals surface area contributed by atoms with E-state index in [-0.39, 0.29) is 12.1 Å². The van der Waals surface area contributed by atoms with Crippen LogP contribution in [0.2, 0.25) is 0 Å². The topological polar surface area (TPSA) is 58.2 Å². The number of hydrogen-bond acceptors (Lipinski definition) is 3. The lowest BCUT2D eigenvalue weighted by atomic mass is 10.0. The number of amides is 1. The second-order valence-electron chi connectivity index (χ2n) is 6.97. The van der Waals surface area contributed by atoms with Gasteiger partial charge in [0.25, 0.3) is 0 Å². The van der Waals surface area contributed by atoms with E-state index in [4.69, 9.17) is 4.74 Å². The van der Waals surface area contributed by atoms with Gasteiger partial charge in [0.1, 0.15) is 11.4 Å². The number of imidazole rings is 1. The third-order valence-electron chi connectivity index (χ3n) is 3.91. The van der Waals surface area contributed by atoms with Crippen LogP contribution in [0.15, 0.2) is 22.7 Å². The van der Waals surface area contributed by atoms with Crippen molar-refractivity contribution >= 4 is 33.1 Å². The summed E-state index contributed by atoms with van der Waals surface area (Å²) in [6.07, 6.45) is 2.73. The van der Waals surface area contributed by atoms with Gasteiger partial charge in [0.05, 0.1) is 17.1 Å². The average Bonchev–Trinajstić information content (AvgIpc) is 2.88. The zero-order valence-corrected chi connectivity index (χ0v) is 15.3. The highest BCUT2D eigenvalue weighted by atomic mass is 79.9. The van der Waals surface area contributed by atoms with E-state index >= 15 is 0 Å². The molecule has 1 N–H and O–H groups in total. The molecule has 1 aliphatic heterocycles. The van der Waals surface area contributed by atoms with Crippen molar-refractivity contribution in [3.05, 3.63) is 28.5 Å². The molecule has 1 atom stereocenters. The molecule has 2 aromatic rings. The quantitative estimate of drug-likeness (QED) is 0.774. The Kier molecular flexibility index (Phi) is 4.36. The molecule has 0 spiro atoms. The van der Waals surface area contributed by atoms with Gasteiger partial charge >= 0.3 is 6.09 Å². The number of carbonyl (C=O) groups is 1. The number of fused-ring (bicyclic) bond motifs is 1. The zero-order valence-electron chi connectivity index (χ0n) is 13.7. The van der Waals surface area contributed by atoms with Gasteiger partial charge in [-0.15, -0.1) is 0 Å². The number of rotatable bonds is 1. The van der Waals surface area contributed by atoms with Gasteiger partial charge in [0.15, 0.2) is 0 Å². The van der Waals surface area contributed by atoms with Gasteiger partial charge in [-0.2, -0.15) is 0 Å². The van der Waals surface area contributed by atoms with Crippen LogP contribution >= 0.6 is 15.9 Å². The molecule has 0 saturated carbocycles. The Morgan fingerprint density at radius 2 is 2.17 bits per heavy atom. The molecule has 0 unspecified atom stereocenters. The summed E-state index contributed by atoms with van der Waals surface area (Å²) >= 11 is 3.47. The first-order chi connectivity index (χ1) is 10.8. The summed E-state index contributed by atoms with van der Waals surface area (Å²) in [5.74, 6) is 0.837. The summed E-state index contributed by atoms with van der Waals surface area (Å²) in [6.45, 7) is 6.38. The lowest BCUT2D eigenvalue weighted by Crippen LogP contribution is -2.42. The molecule has 1 saturated heterocycles. The highest BCUT2D eigenvalue weighted by Gasteiger charge is 2.33. The highest BCUT2D eigenvalue weighted by molar-refractivity contribution is 9.10. The van der Waals surface area contributed by atoms with E-state index in [9.17, 15) is 4.79 Å². The lowest BCUT2D eigenvalue weighted by Gasteiger charge is -2.35. The highest BCUT2D eigenvalue weighted by Crippen LogP contribution is 2.32. The smallest absolute Gasteiger partial charge is 0.410 e. The van der Waals surface area contributed by atoms with Crippen LogP contribution in [0.5, 0.6) is 0 Å². The van der Waals surface area contributed by atoms with Crippen LogP contribution in [0.4, 0.5) is 4.79 Å². The molecular weight excluding hydrogens is 358 g/mol. The average molecular weight is 380 g/mol. The SMILES string of the molecule is CC(C)(C)OC(=O)N1CCCC[C@@H]1c1nc2ccc(Br)cc2[nH]1. The van der Waals surface area contributed by atoms with Crippen molar-refractivity contribution in [1.29, 1.82) is 0 Å². The summed E-state index contributed by atoms with van der Waals surface area (Å²) in [7, 11) is 0. The number of likely N-dealkylation sites (tertiary alicyclic amines) is 1. The minimum Gasteiger partial charge on any atom is -0.444 e. The second-order valence-corrected chi connectivity index (χ2v) is 7.88. The number of nitrogens with zero attached hydrogens (tertiary/aromatic N) is 2. The Morgan fingerprint density at radius 1 is 1.39 bits per heavy atom. The maximum Gasteiger partial charge on any atom is 0.410 e. The minimum absolute atomic E-state index is 0.0511. The zero-order chi connectivity index (χ0) is 16.6. The molecule has 1 fully saturated rings. The van der Waals surface area contributed by atoms with E-state index in [2.05, 4.69) is 25.9 Å². The summed E-state index contributed by atoms with van der Waals surface area (Å²) in [6, 6.07) is 5.90. The van der Waals surface area contributed by atoms with Gasteiger partial charge in [0.2, 0.25) is 0 Å². The number of H-pyrrole nitrogens is 1. The van der Waals surface area contributed by atoms with Crippen LogP contribution in [-0.4, -0.2) is 33.1 Å². The minimum atomic E-state index is -0.488. The number of carbonyl (C=O) groups excluding carboxylic acids is 1. The maximum absolute atomic E-state index is 12.5. The number of ether oxygens (including phenoxy) is 1. The third kappa shape index (κ3) is 3.68. The summed E-state index contributed by atoms with van der Waals surface area (Å²) in [4.78, 5) is 22.4. The Hall–Kier alpha value is -1.56. The van der Waals surface area contributed by atoms with E-state index in [0.29, 0.717) is 6.54 Å². The first-order valence-corrected chi connectivity index (χ1v) is 8.77. The number of halogens is 1. The Balaban J connectivity index is 1.89. The van der Waals surface area contributed by atoms with E-state index < -0.39 is 5.60 Å². The molecule has 124 valence electrons. The van der Waals surface area contributed by atoms with Crippen molar-refractivity contribution in [3.63, 3.8) is 0 Å². The van der Waals surface area contributed by atoms with Gasteiger partial charge < -0.3 is 9.72 Å². The fourth-order valence-corrected chi connectivity index (χ4v) is 3.28. The van der Waals surface area contributed by atoms with Gasteiger partial charge in [-0.1, -0.05) is 15.9 Å². The molecule has 23 heavy (non-hydrogen) atoms. The second kappa shape index (κ2) is 6.15. The van der Waals surface area contributed by atoms with Gasteiger partial charge in [-0.3, -0.25) is 4.90 Å². The predicted octanol–water partition coefficient (Wildman–Crippen LogP) is 4.79. The van der Waals surface area contributed by atoms with Crippen LogP contribution in [0, 0.1) is 0 Å². The molecule has 1 amide bonds. The Morgan fingerprint density at radius 3 is 2.91 bits per heavy atom. The third-order valence-corrected chi connectivity index (χ3v) is 4.40. The molecule has 1 aliphatic rings. The Bertz CT molecular complexity index is 720. The number of aromatic nitrogens is 2. The molecule has 1 aromatic carbocycles. The molecular formula is C17H22BrN3O2. The van der Waals surface area contributed by atoms with Crippen molar-refractivity contribution in [3.8, 4) is 0 Å². The van der Waals surface area contributed by atoms with Crippen molar-refractivity contribution in [2.24, 2.45) is 0 Å². The van der Waals surface area contributed by atoms with Crippen LogP contribution in [0.1, 0.15) is 51.9 Å². The van der Waals surface area contributed by atoms with Crippen LogP contribution < -0.4 is 0 Å². The van der Waals surface area contributed by atoms with E-state index in [0.717, 1.165) is 40.6 Å². The summed E-state index contributed by atoms with van der Waals surface area (Å²) in [5, 5.41) is 0. The standard InChI is InChI=1S/C17H22BrN3O2/c1-17(2,3)23-16(22)21-9-5-4-6-14(21)15-19-12-8-7-11(18)10-13(12)20-15/h7-8,10,14H,4-6,9H2,1-3H3,(H,19,20)/t14-/m1/s1. The molecule has 6 heteroatoms. The molecule has 0 aliphatic carbocycles. The number of benzene rings is 1. The first kappa shape index (κ1) is 16.3. The predicted molar refractivity (Wildman–Crippen MR) is 93.3 cm³/mol. The molecule has 0 radical (unpaired) electrons. The van der Waals surface area contributed by atoms with E-state index in [1.165, 1.54) is 0 Å². The van der Waals surface area contributed by atoms with Crippen molar-refractivity contribution in [1.82, 2.24) is 14.9 Å². The van der Waals surface area contributed by atoms with E-state index in [1.807, 2.05) is 43.9 Å². The fraction of sp³-hybridized carbons (Fsp3) is 0.529. The molecule has 0 bridgehead atoms. The molecule has 5 nitrogen and oxygen atoms in total. The number of nitrogens with one attached hydrogen (secondary N) is 1. The number of piperidine rings is 1. The Labute approximate surface area is 144 Å². The van der Waals surface area contributed by atoms with Crippen LogP contribution in [-0.2, 0) is 4.74 Å². The summed E-state index contributed by atoms with van der Waals surface area (Å²) < 4.78 is 6.57. The van der Waals surface area contributed by atoms with Crippen molar-refractivity contribution < 1.29 is 9.53 Å². The van der Waals surface area contributed by atoms with Crippen molar-refractivity contribution in [2.75, 3.05) is 6.54 Å². The van der Waals surface area contributed by atoms with Gasteiger partial charge in [-0.05, 0) is 58.2 Å². The largest absolute Gasteiger partial charge is 0.444 e. The molecule has 2 heterocycles. The summed E-state index contributed by atoms with van der Waals surface area (Å²) in [5.41, 5.74) is 1.40. The molecule has 3 rings (SSSR count). The maximum atomic E-state index is 12.5. The molecule has 1 aromatic heterocycles. The lowest BCUT2D eigenvalue weighted by molar-refractivity contribution is 0.00857. The van der Waals surface area contributed by atoms with Crippen molar-refractivity contribution in [2.45, 2.75) is 51.7 Å². The van der Waals surface area contributed by atoms with Crippen LogP contribution in [0.25, 0.3) is 11.0 Å².